The smallest absolute Gasteiger partial charge is 0.323 e. The number of carboxylic acid groups (broad SMARTS) is 1. The van der Waals surface area contributed by atoms with E-state index in [1.807, 2.05) is 6.92 Å². The van der Waals surface area contributed by atoms with E-state index in [0.717, 1.165) is 31.6 Å². The van der Waals surface area contributed by atoms with Crippen molar-refractivity contribution in [2.24, 2.45) is 5.73 Å². The highest BCUT2D eigenvalue weighted by Gasteiger charge is 2.27. The van der Waals surface area contributed by atoms with Crippen LogP contribution in [0, 0.1) is 6.92 Å². The van der Waals surface area contributed by atoms with Gasteiger partial charge in [-0.25, -0.2) is 4.98 Å². The van der Waals surface area contributed by atoms with Crippen molar-refractivity contribution < 1.29 is 9.90 Å². The summed E-state index contributed by atoms with van der Waals surface area (Å²) in [6, 6.07) is 0. The molecule has 0 radical (unpaired) electrons. The molecule has 0 saturated carbocycles. The van der Waals surface area contributed by atoms with Crippen molar-refractivity contribution >= 4 is 5.97 Å². The molecule has 1 unspecified atom stereocenters. The lowest BCUT2D eigenvalue weighted by Gasteiger charge is -2.20. The maximum Gasteiger partial charge on any atom is 0.323 e. The topological polar surface area (TPSA) is 81.1 Å². The van der Waals surface area contributed by atoms with E-state index in [0.29, 0.717) is 6.42 Å². The fourth-order valence-electron chi connectivity index (χ4n) is 2.74. The van der Waals surface area contributed by atoms with Gasteiger partial charge in [0.25, 0.3) is 0 Å². The minimum atomic E-state index is -1.13. The van der Waals surface area contributed by atoms with E-state index in [-0.39, 0.29) is 0 Å². The molecule has 2 rings (SSSR count). The fourth-order valence-corrected chi connectivity index (χ4v) is 2.74. The Morgan fingerprint density at radius 3 is 2.84 bits per heavy atom. The van der Waals surface area contributed by atoms with Crippen molar-refractivity contribution in [1.29, 1.82) is 0 Å². The van der Waals surface area contributed by atoms with Crippen LogP contribution in [0.5, 0.6) is 0 Å². The summed E-state index contributed by atoms with van der Waals surface area (Å²) >= 11 is 0. The Hall–Kier alpha value is -1.36. The molecule has 0 aliphatic heterocycles. The second-order valence-corrected chi connectivity index (χ2v) is 5.74. The number of aromatic nitrogens is 2. The van der Waals surface area contributed by atoms with Crippen LogP contribution in [0.4, 0.5) is 0 Å². The second-order valence-electron chi connectivity index (χ2n) is 5.74. The molecule has 1 atom stereocenters. The van der Waals surface area contributed by atoms with Crippen LogP contribution >= 0.6 is 0 Å². The van der Waals surface area contributed by atoms with Crippen LogP contribution in [0.25, 0.3) is 0 Å². The number of fused-ring (bicyclic) bond motifs is 1. The highest BCUT2D eigenvalue weighted by Crippen LogP contribution is 2.23. The number of nitrogens with zero attached hydrogens (tertiary/aromatic N) is 2. The highest BCUT2D eigenvalue weighted by molar-refractivity contribution is 5.77. The number of rotatable bonds is 5. The highest BCUT2D eigenvalue weighted by atomic mass is 16.4. The monoisotopic (exact) mass is 265 g/mol. The zero-order valence-corrected chi connectivity index (χ0v) is 11.8. The summed E-state index contributed by atoms with van der Waals surface area (Å²) in [7, 11) is 0. The molecule has 0 bridgehead atoms. The number of carboxylic acids is 1. The van der Waals surface area contributed by atoms with Crippen LogP contribution in [0.2, 0.25) is 0 Å². The van der Waals surface area contributed by atoms with Gasteiger partial charge in [0.2, 0.25) is 0 Å². The average Bonchev–Trinajstić information content (AvgIpc) is 2.65. The Bertz CT molecular complexity index is 477. The first-order valence-electron chi connectivity index (χ1n) is 6.99. The number of imidazole rings is 1. The summed E-state index contributed by atoms with van der Waals surface area (Å²) in [5.74, 6) is 0.109. The van der Waals surface area contributed by atoms with Crippen LogP contribution in [0.3, 0.4) is 0 Å². The maximum absolute atomic E-state index is 11.0. The van der Waals surface area contributed by atoms with Gasteiger partial charge in [0.1, 0.15) is 11.4 Å². The molecule has 1 aliphatic carbocycles. The molecular weight excluding hydrogens is 242 g/mol. The molecule has 0 spiro atoms. The Balaban J connectivity index is 2.00. The normalized spacial score (nSPS) is 17.8. The van der Waals surface area contributed by atoms with E-state index < -0.39 is 11.5 Å². The van der Waals surface area contributed by atoms with E-state index in [2.05, 4.69) is 9.55 Å². The van der Waals surface area contributed by atoms with Crippen LogP contribution in [-0.4, -0.2) is 26.2 Å². The predicted octanol–water partition coefficient (Wildman–Crippen LogP) is 1.65. The SMILES string of the molecule is Cc1nc2c(n1CCCC(C)(N)C(=O)O)CCCC2. The molecule has 106 valence electrons. The van der Waals surface area contributed by atoms with Gasteiger partial charge in [-0.1, -0.05) is 0 Å². The lowest BCUT2D eigenvalue weighted by molar-refractivity contribution is -0.142. The van der Waals surface area contributed by atoms with Crippen molar-refractivity contribution in [3.8, 4) is 0 Å². The Labute approximate surface area is 113 Å². The van der Waals surface area contributed by atoms with Gasteiger partial charge in [0, 0.05) is 12.2 Å². The molecule has 0 fully saturated rings. The van der Waals surface area contributed by atoms with Crippen LogP contribution in [-0.2, 0) is 24.2 Å². The van der Waals surface area contributed by atoms with Crippen molar-refractivity contribution in [2.45, 2.75) is 64.5 Å². The summed E-state index contributed by atoms with van der Waals surface area (Å²) in [4.78, 5) is 15.6. The van der Waals surface area contributed by atoms with Gasteiger partial charge in [0.15, 0.2) is 0 Å². The molecule has 1 aliphatic rings. The molecule has 1 aromatic rings. The molecule has 3 N–H and O–H groups in total. The molecular formula is C14H23N3O2. The van der Waals surface area contributed by atoms with Gasteiger partial charge in [-0.15, -0.1) is 0 Å². The van der Waals surface area contributed by atoms with E-state index in [1.165, 1.54) is 24.2 Å². The van der Waals surface area contributed by atoms with E-state index >= 15 is 0 Å². The Morgan fingerprint density at radius 2 is 2.16 bits per heavy atom. The van der Waals surface area contributed by atoms with Crippen molar-refractivity contribution in [3.63, 3.8) is 0 Å². The number of carbonyl (C=O) groups is 1. The van der Waals surface area contributed by atoms with Gasteiger partial charge in [-0.2, -0.15) is 0 Å². The van der Waals surface area contributed by atoms with Crippen molar-refractivity contribution in [1.82, 2.24) is 9.55 Å². The van der Waals surface area contributed by atoms with Crippen LogP contribution < -0.4 is 5.73 Å². The lowest BCUT2D eigenvalue weighted by atomic mass is 9.97. The Morgan fingerprint density at radius 1 is 1.47 bits per heavy atom. The fraction of sp³-hybridized carbons (Fsp3) is 0.714. The summed E-state index contributed by atoms with van der Waals surface area (Å²) in [6.07, 6.45) is 5.87. The van der Waals surface area contributed by atoms with E-state index in [1.54, 1.807) is 6.92 Å². The first-order valence-corrected chi connectivity index (χ1v) is 6.99. The maximum atomic E-state index is 11.0. The summed E-state index contributed by atoms with van der Waals surface area (Å²) in [5.41, 5.74) is 7.20. The van der Waals surface area contributed by atoms with Gasteiger partial charge in [-0.3, -0.25) is 4.79 Å². The third-order valence-corrected chi connectivity index (χ3v) is 3.99. The zero-order chi connectivity index (χ0) is 14.0. The molecule has 5 nitrogen and oxygen atoms in total. The number of aliphatic carboxylic acids is 1. The molecule has 5 heteroatoms. The third-order valence-electron chi connectivity index (χ3n) is 3.99. The Kier molecular flexibility index (Phi) is 3.94. The zero-order valence-electron chi connectivity index (χ0n) is 11.8. The van der Waals surface area contributed by atoms with Crippen molar-refractivity contribution in [2.75, 3.05) is 0 Å². The summed E-state index contributed by atoms with van der Waals surface area (Å²) < 4.78 is 2.24. The molecule has 0 amide bonds. The molecule has 1 aromatic heterocycles. The number of hydrogen-bond acceptors (Lipinski definition) is 3. The first kappa shape index (κ1) is 14.1. The van der Waals surface area contributed by atoms with E-state index in [9.17, 15) is 4.79 Å². The predicted molar refractivity (Wildman–Crippen MR) is 73.1 cm³/mol. The van der Waals surface area contributed by atoms with Gasteiger partial charge < -0.3 is 15.4 Å². The summed E-state index contributed by atoms with van der Waals surface area (Å²) in [5, 5.41) is 9.00. The first-order chi connectivity index (χ1) is 8.92. The van der Waals surface area contributed by atoms with Crippen LogP contribution in [0.1, 0.15) is 49.8 Å². The van der Waals surface area contributed by atoms with Gasteiger partial charge >= 0.3 is 5.97 Å². The van der Waals surface area contributed by atoms with Crippen molar-refractivity contribution in [3.05, 3.63) is 17.2 Å². The lowest BCUT2D eigenvalue weighted by Crippen LogP contribution is -2.44. The standard InChI is InChI=1S/C14H23N3O2/c1-10-16-11-6-3-4-7-12(11)17(10)9-5-8-14(2,15)13(18)19/h3-9,15H2,1-2H3,(H,18,19). The average molecular weight is 265 g/mol. The number of aryl methyl sites for hydroxylation is 2. The molecule has 0 saturated heterocycles. The summed E-state index contributed by atoms with van der Waals surface area (Å²) in [6.45, 7) is 4.41. The minimum Gasteiger partial charge on any atom is -0.480 e. The van der Waals surface area contributed by atoms with Gasteiger partial charge in [0.05, 0.1) is 5.69 Å². The molecule has 1 heterocycles. The van der Waals surface area contributed by atoms with E-state index in [4.69, 9.17) is 10.8 Å². The third kappa shape index (κ3) is 2.97. The molecule has 0 aromatic carbocycles. The van der Waals surface area contributed by atoms with Gasteiger partial charge in [-0.05, 0) is 52.4 Å². The minimum absolute atomic E-state index is 0.481. The largest absolute Gasteiger partial charge is 0.480 e. The quantitative estimate of drug-likeness (QED) is 0.848. The van der Waals surface area contributed by atoms with Crippen LogP contribution in [0.15, 0.2) is 0 Å². The molecule has 19 heavy (non-hydrogen) atoms. The number of hydrogen-bond donors (Lipinski definition) is 2. The second kappa shape index (κ2) is 5.33. The number of nitrogens with two attached hydrogens (primary N) is 1.